The molecule has 2 atom stereocenters. The van der Waals surface area contributed by atoms with Crippen molar-refractivity contribution in [3.05, 3.63) is 118 Å². The zero-order valence-electron chi connectivity index (χ0n) is 42.3. The monoisotopic (exact) mass is 1000 g/mol. The fourth-order valence-corrected chi connectivity index (χ4v) is 12.3. The number of hydrogen-bond donors (Lipinski definition) is 4. The number of aromatic nitrogens is 4. The third-order valence-electron chi connectivity index (χ3n) is 16.0. The van der Waals surface area contributed by atoms with Crippen LogP contribution in [-0.2, 0) is 54.0 Å². The van der Waals surface area contributed by atoms with Gasteiger partial charge in [0.25, 0.3) is 17.4 Å². The summed E-state index contributed by atoms with van der Waals surface area (Å²) in [5.74, 6) is -1.07. The average molecular weight is 1000 g/mol. The number of carbonyl (C=O) groups is 5. The zero-order chi connectivity index (χ0) is 51.7. The number of pyridine rings is 1. The number of fused-ring (bicyclic) bond motifs is 4. The van der Waals surface area contributed by atoms with Gasteiger partial charge >= 0.3 is 0 Å². The Morgan fingerprint density at radius 3 is 2.49 bits per heavy atom. The Morgan fingerprint density at radius 2 is 1.73 bits per heavy atom. The Hall–Kier alpha value is -7.64. The number of aliphatic hydroxyl groups excluding tert-OH is 1. The topological polar surface area (TPSA) is 211 Å². The van der Waals surface area contributed by atoms with Crippen LogP contribution in [0.4, 0.5) is 34.4 Å². The number of carbonyl (C=O) groups excluding carboxylic acids is 5. The van der Waals surface area contributed by atoms with Gasteiger partial charge in [0, 0.05) is 130 Å². The summed E-state index contributed by atoms with van der Waals surface area (Å²) < 4.78 is 3.56. The first kappa shape index (κ1) is 48.6. The van der Waals surface area contributed by atoms with Crippen molar-refractivity contribution in [3.63, 3.8) is 0 Å². The number of anilines is 6. The largest absolute Gasteiger partial charge is 0.392 e. The molecule has 0 spiro atoms. The number of imide groups is 1. The van der Waals surface area contributed by atoms with Crippen LogP contribution in [0.3, 0.4) is 0 Å². The number of benzene rings is 2. The van der Waals surface area contributed by atoms with E-state index in [9.17, 15) is 33.9 Å². The minimum absolute atomic E-state index is 0.0256. The number of hydrogen-bond acceptors (Lipinski definition) is 13. The van der Waals surface area contributed by atoms with Crippen molar-refractivity contribution in [2.75, 3.05) is 64.6 Å². The Labute approximate surface area is 428 Å². The molecule has 19 heteroatoms. The number of piperidine rings is 2. The molecular weight excluding hydrogens is 941 g/mol. The lowest BCUT2D eigenvalue weighted by Gasteiger charge is -2.47. The van der Waals surface area contributed by atoms with E-state index >= 15 is 0 Å². The van der Waals surface area contributed by atoms with Crippen molar-refractivity contribution in [3.8, 4) is 11.3 Å². The highest BCUT2D eigenvalue weighted by Crippen LogP contribution is 2.41. The van der Waals surface area contributed by atoms with E-state index in [0.717, 1.165) is 68.8 Å². The maximum atomic E-state index is 14.1. The Morgan fingerprint density at radius 1 is 0.919 bits per heavy atom. The number of aliphatic hydroxyl groups is 1. The maximum absolute atomic E-state index is 14.1. The Balaban J connectivity index is 0.774. The molecule has 0 saturated carbocycles. The van der Waals surface area contributed by atoms with Gasteiger partial charge in [0.1, 0.15) is 17.6 Å². The van der Waals surface area contributed by atoms with Crippen LogP contribution in [0, 0.1) is 5.41 Å². The first-order valence-corrected chi connectivity index (χ1v) is 25.7. The Kier molecular flexibility index (Phi) is 12.5. The number of amides is 5. The second-order valence-electron chi connectivity index (χ2n) is 21.3. The van der Waals surface area contributed by atoms with Gasteiger partial charge in [0.05, 0.1) is 23.7 Å². The Bertz CT molecular complexity index is 3230. The molecule has 5 amide bonds. The van der Waals surface area contributed by atoms with E-state index in [1.165, 1.54) is 21.9 Å². The van der Waals surface area contributed by atoms with Gasteiger partial charge < -0.3 is 39.6 Å². The number of nitrogens with one attached hydrogen (secondary N) is 3. The van der Waals surface area contributed by atoms with Crippen LogP contribution >= 0.6 is 0 Å². The van der Waals surface area contributed by atoms with E-state index < -0.39 is 24.1 Å². The van der Waals surface area contributed by atoms with E-state index in [1.807, 2.05) is 30.3 Å². The molecule has 5 aliphatic heterocycles. The van der Waals surface area contributed by atoms with E-state index in [1.54, 1.807) is 41.4 Å². The van der Waals surface area contributed by atoms with Crippen molar-refractivity contribution in [1.82, 2.24) is 34.2 Å². The first-order valence-electron chi connectivity index (χ1n) is 25.7. The molecule has 19 nitrogen and oxygen atoms in total. The van der Waals surface area contributed by atoms with Crippen molar-refractivity contribution in [1.29, 1.82) is 0 Å². The second-order valence-corrected chi connectivity index (χ2v) is 21.3. The third-order valence-corrected chi connectivity index (χ3v) is 16.0. The molecular formula is C55H62N12O7. The van der Waals surface area contributed by atoms with Gasteiger partial charge in [-0.1, -0.05) is 26.5 Å². The molecule has 11 rings (SSSR count). The summed E-state index contributed by atoms with van der Waals surface area (Å²) in [5.41, 5.74) is 8.59. The SMILES string of the molecule is C=CC(=O)Nc1cc(Nc2nc(-c3ccnc(N4CCn5c(cc6c5CC(C)(C)C6)C4=O)c3CO)cn(C)c2=O)ccc1N1CCN(C2CCN(c3cccc4c3CN(C3CCC(=O)NC3=O)C4=O)CC2)C[C@@H]1C. The summed E-state index contributed by atoms with van der Waals surface area (Å²) in [5, 5.41) is 19.5. The predicted molar refractivity (Wildman–Crippen MR) is 281 cm³/mol. The molecule has 0 radical (unpaired) electrons. The van der Waals surface area contributed by atoms with Crippen LogP contribution in [0.5, 0.6) is 0 Å². The van der Waals surface area contributed by atoms with Crippen LogP contribution in [0.2, 0.25) is 0 Å². The average Bonchev–Trinajstić information content (AvgIpc) is 4.02. The van der Waals surface area contributed by atoms with Gasteiger partial charge in [-0.05, 0) is 98.5 Å². The van der Waals surface area contributed by atoms with Crippen molar-refractivity contribution < 1.29 is 29.1 Å². The van der Waals surface area contributed by atoms with Crippen molar-refractivity contribution in [2.24, 2.45) is 12.5 Å². The van der Waals surface area contributed by atoms with Crippen molar-refractivity contribution in [2.45, 2.75) is 97.1 Å². The lowest BCUT2D eigenvalue weighted by molar-refractivity contribution is -0.137. The van der Waals surface area contributed by atoms with E-state index in [4.69, 9.17) is 4.98 Å². The summed E-state index contributed by atoms with van der Waals surface area (Å²) in [7, 11) is 1.63. The summed E-state index contributed by atoms with van der Waals surface area (Å²) in [6, 6.07) is 14.9. The van der Waals surface area contributed by atoms with Crippen LogP contribution in [0.15, 0.2) is 78.4 Å². The third kappa shape index (κ3) is 8.70. The van der Waals surface area contributed by atoms with Crippen LogP contribution in [0.1, 0.15) is 89.7 Å². The lowest BCUT2D eigenvalue weighted by atomic mass is 9.90. The standard InChI is InChI=1S/C55H62N12O7/c1-6-47(69)58-40-25-34(57-49-54(74)61(5)30-41(59-49)36-14-17-56-50(39(36)31-68)66-23-22-65-45(53(66)73)24-33-26-55(3,4)27-46(33)65)10-11-43(40)64-21-20-63(28-32(64)2)35-15-18-62(19-16-35)42-9-7-8-37-38(42)29-67(52(37)72)44-12-13-48(70)60-51(44)71/h6-11,14,17,24-25,30,32,35,44,68H,1,12-13,15-16,18-23,26-29,31H2,2-5H3,(H,57,59)(H,58,69)(H,60,70,71)/t32-,44?/m0/s1. The van der Waals surface area contributed by atoms with E-state index in [0.29, 0.717) is 83.9 Å². The van der Waals surface area contributed by atoms with Gasteiger partial charge in [-0.3, -0.25) is 43.9 Å². The molecule has 3 aromatic heterocycles. The molecule has 6 aliphatic rings. The van der Waals surface area contributed by atoms with E-state index in [-0.39, 0.29) is 47.3 Å². The van der Waals surface area contributed by atoms with Gasteiger partial charge in [-0.25, -0.2) is 9.97 Å². The van der Waals surface area contributed by atoms with Crippen molar-refractivity contribution >= 4 is 63.9 Å². The fraction of sp³-hybridized carbons (Fsp3) is 0.418. The number of aryl methyl sites for hydroxylation is 1. The molecule has 3 fully saturated rings. The van der Waals surface area contributed by atoms with Gasteiger partial charge in [0.15, 0.2) is 5.82 Å². The van der Waals surface area contributed by atoms with Crippen LogP contribution in [-0.4, -0.2) is 121 Å². The quantitative estimate of drug-likeness (QED) is 0.104. The normalized spacial score (nSPS) is 20.9. The number of rotatable bonds is 11. The fourth-order valence-electron chi connectivity index (χ4n) is 12.3. The predicted octanol–water partition coefficient (Wildman–Crippen LogP) is 4.73. The minimum Gasteiger partial charge on any atom is -0.392 e. The first-order chi connectivity index (χ1) is 35.6. The highest BCUT2D eigenvalue weighted by atomic mass is 16.3. The molecule has 1 unspecified atom stereocenters. The molecule has 4 N–H and O–H groups in total. The number of nitrogens with zero attached hydrogens (tertiary/aromatic N) is 9. The summed E-state index contributed by atoms with van der Waals surface area (Å²) in [6.45, 7) is 15.2. The maximum Gasteiger partial charge on any atom is 0.293 e. The summed E-state index contributed by atoms with van der Waals surface area (Å²) in [6.07, 6.45) is 8.65. The molecule has 8 heterocycles. The van der Waals surface area contributed by atoms with Crippen LogP contribution < -0.4 is 36.2 Å². The summed E-state index contributed by atoms with van der Waals surface area (Å²) in [4.78, 5) is 98.6. The molecule has 384 valence electrons. The van der Waals surface area contributed by atoms with Gasteiger partial charge in [-0.2, -0.15) is 0 Å². The highest BCUT2D eigenvalue weighted by molar-refractivity contribution is 6.07. The lowest BCUT2D eigenvalue weighted by Crippen LogP contribution is -2.57. The molecule has 0 bridgehead atoms. The smallest absolute Gasteiger partial charge is 0.293 e. The molecule has 2 aromatic carbocycles. The minimum atomic E-state index is -0.660. The van der Waals surface area contributed by atoms with Crippen LogP contribution in [0.25, 0.3) is 11.3 Å². The highest BCUT2D eigenvalue weighted by Gasteiger charge is 2.42. The zero-order valence-corrected chi connectivity index (χ0v) is 42.3. The molecule has 3 saturated heterocycles. The molecule has 74 heavy (non-hydrogen) atoms. The second kappa shape index (κ2) is 19.0. The molecule has 5 aromatic rings. The van der Waals surface area contributed by atoms with E-state index in [2.05, 4.69) is 73.6 Å². The summed E-state index contributed by atoms with van der Waals surface area (Å²) >= 11 is 0. The van der Waals surface area contributed by atoms with Gasteiger partial charge in [-0.15, -0.1) is 0 Å². The van der Waals surface area contributed by atoms with Gasteiger partial charge in [0.2, 0.25) is 17.7 Å². The number of piperazine rings is 1. The molecule has 1 aliphatic carbocycles.